The first-order valence-electron chi connectivity index (χ1n) is 11.4. The number of phosphoric acid groups is 1. The van der Waals surface area contributed by atoms with Crippen molar-refractivity contribution >= 4 is 13.8 Å². The van der Waals surface area contributed by atoms with E-state index in [-0.39, 0.29) is 6.42 Å². The lowest BCUT2D eigenvalue weighted by Gasteiger charge is -2.15. The molecular formula is C21H43O7P. The van der Waals surface area contributed by atoms with Gasteiger partial charge in [0.1, 0.15) is 6.10 Å². The van der Waals surface area contributed by atoms with E-state index >= 15 is 0 Å². The quantitative estimate of drug-likeness (QED) is 0.127. The summed E-state index contributed by atoms with van der Waals surface area (Å²) in [5.41, 5.74) is 0. The summed E-state index contributed by atoms with van der Waals surface area (Å²) in [5.74, 6) is -0.479. The molecule has 0 unspecified atom stereocenters. The highest BCUT2D eigenvalue weighted by Gasteiger charge is 2.20. The largest absolute Gasteiger partial charge is 0.469 e. The number of aliphatic hydroxyl groups is 1. The van der Waals surface area contributed by atoms with Crippen molar-refractivity contribution < 1.29 is 33.5 Å². The molecule has 0 aromatic carbocycles. The summed E-state index contributed by atoms with van der Waals surface area (Å²) in [5, 5.41) is 9.07. The molecule has 0 rings (SSSR count). The minimum atomic E-state index is -4.63. The number of unbranched alkanes of at least 4 members (excludes halogenated alkanes) is 14. The number of esters is 1. The molecule has 0 saturated carbocycles. The maximum Gasteiger partial charge on any atom is 0.469 e. The Morgan fingerprint density at radius 2 is 1.21 bits per heavy atom. The van der Waals surface area contributed by atoms with Crippen LogP contribution in [0, 0.1) is 0 Å². The fourth-order valence-corrected chi connectivity index (χ4v) is 3.55. The maximum atomic E-state index is 11.7. The van der Waals surface area contributed by atoms with Gasteiger partial charge in [0, 0.05) is 6.42 Å². The third-order valence-electron chi connectivity index (χ3n) is 4.91. The third kappa shape index (κ3) is 22.1. The zero-order chi connectivity index (χ0) is 21.8. The molecule has 0 saturated heterocycles. The summed E-state index contributed by atoms with van der Waals surface area (Å²) in [4.78, 5) is 28.9. The van der Waals surface area contributed by atoms with Crippen LogP contribution in [0.1, 0.15) is 110 Å². The first kappa shape index (κ1) is 28.5. The second-order valence-electron chi connectivity index (χ2n) is 7.78. The van der Waals surface area contributed by atoms with E-state index in [4.69, 9.17) is 19.6 Å². The zero-order valence-electron chi connectivity index (χ0n) is 18.2. The van der Waals surface area contributed by atoms with Gasteiger partial charge in [0.15, 0.2) is 0 Å². The van der Waals surface area contributed by atoms with E-state index in [1.54, 1.807) is 0 Å². The molecule has 3 N–H and O–H groups in total. The van der Waals surface area contributed by atoms with Gasteiger partial charge in [-0.25, -0.2) is 4.57 Å². The second kappa shape index (κ2) is 19.5. The van der Waals surface area contributed by atoms with Crippen molar-refractivity contribution in [3.63, 3.8) is 0 Å². The SMILES string of the molecule is CCCCCCCCCCCCCCCCCC(=O)O[C@H](CO)COP(=O)(O)O. The lowest BCUT2D eigenvalue weighted by molar-refractivity contribution is -0.153. The summed E-state index contributed by atoms with van der Waals surface area (Å²) < 4.78 is 19.8. The molecule has 0 bridgehead atoms. The van der Waals surface area contributed by atoms with Gasteiger partial charge in [-0.2, -0.15) is 0 Å². The summed E-state index contributed by atoms with van der Waals surface area (Å²) in [6.45, 7) is 1.19. The molecule has 0 aliphatic heterocycles. The van der Waals surface area contributed by atoms with Gasteiger partial charge in [-0.15, -0.1) is 0 Å². The summed E-state index contributed by atoms with van der Waals surface area (Å²) in [6, 6.07) is 0. The first-order chi connectivity index (χ1) is 13.9. The molecule has 0 aliphatic carbocycles. The van der Waals surface area contributed by atoms with Crippen LogP contribution in [0.5, 0.6) is 0 Å². The molecule has 7 nitrogen and oxygen atoms in total. The Kier molecular flexibility index (Phi) is 19.2. The Hall–Kier alpha value is -0.460. The molecule has 0 aromatic heterocycles. The maximum absolute atomic E-state index is 11.7. The van der Waals surface area contributed by atoms with Gasteiger partial charge in [-0.3, -0.25) is 9.32 Å². The number of hydrogen-bond donors (Lipinski definition) is 3. The van der Waals surface area contributed by atoms with Crippen molar-refractivity contribution in [2.45, 2.75) is 116 Å². The number of aliphatic hydroxyl groups excluding tert-OH is 1. The predicted molar refractivity (Wildman–Crippen MR) is 115 cm³/mol. The molecule has 0 radical (unpaired) electrons. The molecule has 0 heterocycles. The minimum Gasteiger partial charge on any atom is -0.457 e. The highest BCUT2D eigenvalue weighted by Crippen LogP contribution is 2.35. The van der Waals surface area contributed by atoms with Crippen molar-refractivity contribution in [2.75, 3.05) is 13.2 Å². The highest BCUT2D eigenvalue weighted by atomic mass is 31.2. The standard InChI is InChI=1S/C21H43O7P/c1-2-3-4-5-6-7-8-9-10-11-12-13-14-15-16-17-21(23)28-20(18-22)19-27-29(24,25)26/h20,22H,2-19H2,1H3,(H2,24,25,26)/t20-/m1/s1. The van der Waals surface area contributed by atoms with E-state index in [0.29, 0.717) is 6.42 Å². The number of rotatable bonds is 21. The van der Waals surface area contributed by atoms with Crippen molar-refractivity contribution in [3.8, 4) is 0 Å². The average molecular weight is 439 g/mol. The molecule has 0 aromatic rings. The number of ether oxygens (including phenoxy) is 1. The Morgan fingerprint density at radius 1 is 0.793 bits per heavy atom. The van der Waals surface area contributed by atoms with Crippen LogP contribution in [-0.4, -0.2) is 40.2 Å². The predicted octanol–water partition coefficient (Wildman–Crippen LogP) is 5.26. The summed E-state index contributed by atoms with van der Waals surface area (Å²) in [6.07, 6.45) is 17.9. The Bertz CT molecular complexity index is 425. The van der Waals surface area contributed by atoms with Gasteiger partial charge in [0.2, 0.25) is 0 Å². The molecule has 8 heteroatoms. The average Bonchev–Trinajstić information content (AvgIpc) is 2.67. The van der Waals surface area contributed by atoms with Crippen LogP contribution in [0.2, 0.25) is 0 Å². The van der Waals surface area contributed by atoms with Crippen LogP contribution in [0.25, 0.3) is 0 Å². The number of carbonyl (C=O) groups excluding carboxylic acids is 1. The van der Waals surface area contributed by atoms with E-state index in [1.807, 2.05) is 0 Å². The molecule has 0 fully saturated rings. The molecular weight excluding hydrogens is 395 g/mol. The van der Waals surface area contributed by atoms with Gasteiger partial charge in [-0.05, 0) is 6.42 Å². The highest BCUT2D eigenvalue weighted by molar-refractivity contribution is 7.46. The third-order valence-corrected chi connectivity index (χ3v) is 5.40. The van der Waals surface area contributed by atoms with Gasteiger partial charge < -0.3 is 19.6 Å². The Morgan fingerprint density at radius 3 is 1.59 bits per heavy atom. The van der Waals surface area contributed by atoms with Crippen LogP contribution in [0.15, 0.2) is 0 Å². The molecule has 0 aliphatic rings. The lowest BCUT2D eigenvalue weighted by atomic mass is 10.0. The van der Waals surface area contributed by atoms with E-state index < -0.39 is 33.1 Å². The van der Waals surface area contributed by atoms with Gasteiger partial charge in [-0.1, -0.05) is 96.8 Å². The van der Waals surface area contributed by atoms with Gasteiger partial charge in [0.05, 0.1) is 13.2 Å². The van der Waals surface area contributed by atoms with E-state index in [9.17, 15) is 9.36 Å². The fourth-order valence-electron chi connectivity index (χ4n) is 3.19. The van der Waals surface area contributed by atoms with Crippen molar-refractivity contribution in [1.29, 1.82) is 0 Å². The zero-order valence-corrected chi connectivity index (χ0v) is 19.1. The number of carbonyl (C=O) groups is 1. The van der Waals surface area contributed by atoms with Crippen LogP contribution in [0.4, 0.5) is 0 Å². The second-order valence-corrected chi connectivity index (χ2v) is 9.02. The van der Waals surface area contributed by atoms with Gasteiger partial charge >= 0.3 is 13.8 Å². The molecule has 174 valence electrons. The first-order valence-corrected chi connectivity index (χ1v) is 12.9. The lowest BCUT2D eigenvalue weighted by Crippen LogP contribution is -2.26. The summed E-state index contributed by atoms with van der Waals surface area (Å²) >= 11 is 0. The monoisotopic (exact) mass is 438 g/mol. The van der Waals surface area contributed by atoms with Crippen LogP contribution in [-0.2, 0) is 18.6 Å². The number of phosphoric ester groups is 1. The molecule has 29 heavy (non-hydrogen) atoms. The Balaban J connectivity index is 3.41. The fraction of sp³-hybridized carbons (Fsp3) is 0.952. The van der Waals surface area contributed by atoms with Crippen LogP contribution in [0.3, 0.4) is 0 Å². The smallest absolute Gasteiger partial charge is 0.457 e. The minimum absolute atomic E-state index is 0.241. The van der Waals surface area contributed by atoms with E-state index in [1.165, 1.54) is 77.0 Å². The summed E-state index contributed by atoms with van der Waals surface area (Å²) in [7, 11) is -4.63. The molecule has 0 spiro atoms. The van der Waals surface area contributed by atoms with Crippen molar-refractivity contribution in [3.05, 3.63) is 0 Å². The van der Waals surface area contributed by atoms with Crippen molar-refractivity contribution in [2.24, 2.45) is 0 Å². The topological polar surface area (TPSA) is 113 Å². The Labute approximate surface area is 176 Å². The molecule has 0 amide bonds. The van der Waals surface area contributed by atoms with Gasteiger partial charge in [0.25, 0.3) is 0 Å². The van der Waals surface area contributed by atoms with Crippen LogP contribution >= 0.6 is 7.82 Å². The normalized spacial score (nSPS) is 12.8. The molecule has 1 atom stereocenters. The van der Waals surface area contributed by atoms with Crippen molar-refractivity contribution in [1.82, 2.24) is 0 Å². The van der Waals surface area contributed by atoms with E-state index in [2.05, 4.69) is 11.4 Å². The van der Waals surface area contributed by atoms with E-state index in [0.717, 1.165) is 12.8 Å². The van der Waals surface area contributed by atoms with Crippen LogP contribution < -0.4 is 0 Å². The number of hydrogen-bond acceptors (Lipinski definition) is 5.